The summed E-state index contributed by atoms with van der Waals surface area (Å²) >= 11 is 0. The molecule has 1 aliphatic carbocycles. The number of hydrogen-bond acceptors (Lipinski definition) is 0. The van der Waals surface area contributed by atoms with Gasteiger partial charge in [0.2, 0.25) is 0 Å². The van der Waals surface area contributed by atoms with Crippen LogP contribution in [0.2, 0.25) is 0 Å². The summed E-state index contributed by atoms with van der Waals surface area (Å²) in [5, 5.41) is 0. The van der Waals surface area contributed by atoms with Crippen LogP contribution in [0.4, 0.5) is 13.2 Å². The third-order valence-corrected chi connectivity index (χ3v) is 4.79. The van der Waals surface area contributed by atoms with Crippen LogP contribution in [-0.4, -0.2) is 0 Å². The molecule has 24 heavy (non-hydrogen) atoms. The number of benzene rings is 1. The van der Waals surface area contributed by atoms with E-state index in [1.165, 1.54) is 18.4 Å². The van der Waals surface area contributed by atoms with Crippen LogP contribution in [0, 0.1) is 17.8 Å². The molecule has 0 N–H and O–H groups in total. The van der Waals surface area contributed by atoms with E-state index >= 15 is 0 Å². The van der Waals surface area contributed by atoms with Gasteiger partial charge in [-0.15, -0.1) is 0 Å². The van der Waals surface area contributed by atoms with E-state index in [1.807, 2.05) is 12.1 Å². The van der Waals surface area contributed by atoms with Crippen molar-refractivity contribution in [1.29, 1.82) is 0 Å². The predicted octanol–water partition coefficient (Wildman–Crippen LogP) is 6.97. The van der Waals surface area contributed by atoms with Crippen molar-refractivity contribution in [1.82, 2.24) is 0 Å². The molecular formula is C21H25F3. The molecule has 0 unspecified atom stereocenters. The van der Waals surface area contributed by atoms with Gasteiger partial charge in [0.05, 0.1) is 0 Å². The number of unbranched alkanes of at least 4 members (excludes halogenated alkanes) is 3. The molecule has 1 aromatic rings. The normalized spacial score (nSPS) is 20.2. The zero-order valence-corrected chi connectivity index (χ0v) is 14.3. The largest absolute Gasteiger partial charge is 0.301 e. The minimum Gasteiger partial charge on any atom is -0.206 e. The molecule has 3 heteroatoms. The first-order valence-electron chi connectivity index (χ1n) is 8.91. The van der Waals surface area contributed by atoms with E-state index < -0.39 is 17.8 Å². The van der Waals surface area contributed by atoms with Crippen LogP contribution in [0.25, 0.3) is 0 Å². The third kappa shape index (κ3) is 5.44. The van der Waals surface area contributed by atoms with Gasteiger partial charge < -0.3 is 0 Å². The molecule has 1 saturated carbocycles. The van der Waals surface area contributed by atoms with Crippen molar-refractivity contribution in [3.63, 3.8) is 0 Å². The fourth-order valence-electron chi connectivity index (χ4n) is 3.30. The summed E-state index contributed by atoms with van der Waals surface area (Å²) in [6.07, 6.45) is 4.86. The molecule has 0 nitrogen and oxygen atoms in total. The van der Waals surface area contributed by atoms with Gasteiger partial charge in [-0.05, 0) is 55.7 Å². The summed E-state index contributed by atoms with van der Waals surface area (Å²) in [7, 11) is 0. The molecule has 0 radical (unpaired) electrons. The van der Waals surface area contributed by atoms with E-state index in [9.17, 15) is 13.2 Å². The summed E-state index contributed by atoms with van der Waals surface area (Å²) in [6.45, 7) is 2.18. The Kier molecular flexibility index (Phi) is 7.43. The van der Waals surface area contributed by atoms with Crippen LogP contribution in [0.3, 0.4) is 0 Å². The van der Waals surface area contributed by atoms with Crippen LogP contribution in [0.1, 0.15) is 75.3 Å². The molecule has 1 fully saturated rings. The highest BCUT2D eigenvalue weighted by atomic mass is 19.3. The SMILES string of the molecule is CCCCCC#Cc1ccc(C2CCC(C(F)=C(F)F)CC2)cc1. The average molecular weight is 334 g/mol. The van der Waals surface area contributed by atoms with Gasteiger partial charge in [0.1, 0.15) is 0 Å². The van der Waals surface area contributed by atoms with Crippen molar-refractivity contribution in [2.75, 3.05) is 0 Å². The molecule has 0 spiro atoms. The minimum absolute atomic E-state index is 0.336. The molecular weight excluding hydrogens is 309 g/mol. The Bertz CT molecular complexity index is 592. The molecule has 0 aromatic heterocycles. The zero-order valence-electron chi connectivity index (χ0n) is 14.3. The third-order valence-electron chi connectivity index (χ3n) is 4.79. The molecule has 0 heterocycles. The Balaban J connectivity index is 1.87. The predicted molar refractivity (Wildman–Crippen MR) is 92.5 cm³/mol. The first-order chi connectivity index (χ1) is 11.6. The number of rotatable bonds is 5. The van der Waals surface area contributed by atoms with Gasteiger partial charge >= 0.3 is 6.08 Å². The van der Waals surface area contributed by atoms with Crippen molar-refractivity contribution in [2.24, 2.45) is 5.92 Å². The smallest absolute Gasteiger partial charge is 0.206 e. The van der Waals surface area contributed by atoms with Crippen LogP contribution < -0.4 is 0 Å². The quantitative estimate of drug-likeness (QED) is 0.403. The lowest BCUT2D eigenvalue weighted by atomic mass is 9.78. The Hall–Kier alpha value is -1.69. The van der Waals surface area contributed by atoms with Crippen LogP contribution in [0.15, 0.2) is 36.2 Å². The second-order valence-electron chi connectivity index (χ2n) is 6.54. The molecule has 0 atom stereocenters. The second-order valence-corrected chi connectivity index (χ2v) is 6.54. The molecule has 1 aliphatic rings. The van der Waals surface area contributed by atoms with E-state index in [0.717, 1.165) is 31.2 Å². The Morgan fingerprint density at radius 1 is 1.00 bits per heavy atom. The maximum atomic E-state index is 13.3. The van der Waals surface area contributed by atoms with Crippen LogP contribution in [0.5, 0.6) is 0 Å². The highest BCUT2D eigenvalue weighted by Gasteiger charge is 2.27. The molecule has 130 valence electrons. The Morgan fingerprint density at radius 2 is 1.67 bits per heavy atom. The van der Waals surface area contributed by atoms with Gasteiger partial charge in [0, 0.05) is 17.9 Å². The first-order valence-corrected chi connectivity index (χ1v) is 8.91. The lowest BCUT2D eigenvalue weighted by molar-refractivity contribution is 0.281. The summed E-state index contributed by atoms with van der Waals surface area (Å²) in [5.41, 5.74) is 2.22. The summed E-state index contributed by atoms with van der Waals surface area (Å²) in [4.78, 5) is 0. The van der Waals surface area contributed by atoms with Gasteiger partial charge in [0.15, 0.2) is 5.83 Å². The van der Waals surface area contributed by atoms with E-state index in [-0.39, 0.29) is 0 Å². The monoisotopic (exact) mass is 334 g/mol. The van der Waals surface area contributed by atoms with Crippen molar-refractivity contribution in [3.8, 4) is 11.8 Å². The summed E-state index contributed by atoms with van der Waals surface area (Å²) < 4.78 is 38.0. The van der Waals surface area contributed by atoms with Crippen molar-refractivity contribution >= 4 is 0 Å². The fraction of sp³-hybridized carbons (Fsp3) is 0.524. The topological polar surface area (TPSA) is 0 Å². The molecule has 0 bridgehead atoms. The Morgan fingerprint density at radius 3 is 2.25 bits per heavy atom. The van der Waals surface area contributed by atoms with Crippen LogP contribution in [-0.2, 0) is 0 Å². The standard InChI is InChI=1S/C21H25F3/c1-2-3-4-5-6-7-16-8-10-17(11-9-16)18-12-14-19(15-13-18)20(22)21(23)24/h8-11,18-19H,2-5,12-15H2,1H3. The number of allylic oxidation sites excluding steroid dienone is 1. The summed E-state index contributed by atoms with van der Waals surface area (Å²) in [5.74, 6) is 4.91. The molecule has 0 saturated heterocycles. The Labute approximate surface area is 143 Å². The van der Waals surface area contributed by atoms with E-state index in [0.29, 0.717) is 18.8 Å². The van der Waals surface area contributed by atoms with Crippen molar-refractivity contribution in [2.45, 2.75) is 64.2 Å². The maximum absolute atomic E-state index is 13.3. The first kappa shape index (κ1) is 18.6. The lowest BCUT2D eigenvalue weighted by Crippen LogP contribution is -2.14. The van der Waals surface area contributed by atoms with Crippen LogP contribution >= 0.6 is 0 Å². The van der Waals surface area contributed by atoms with E-state index in [2.05, 4.69) is 30.9 Å². The number of halogens is 3. The van der Waals surface area contributed by atoms with Crippen molar-refractivity contribution in [3.05, 3.63) is 47.3 Å². The van der Waals surface area contributed by atoms with E-state index in [1.54, 1.807) is 0 Å². The fourth-order valence-corrected chi connectivity index (χ4v) is 3.30. The molecule has 0 amide bonds. The van der Waals surface area contributed by atoms with Gasteiger partial charge in [-0.1, -0.05) is 43.7 Å². The average Bonchev–Trinajstić information content (AvgIpc) is 2.61. The van der Waals surface area contributed by atoms with Gasteiger partial charge in [-0.2, -0.15) is 8.78 Å². The highest BCUT2D eigenvalue weighted by Crippen LogP contribution is 2.40. The molecule has 2 rings (SSSR count). The second kappa shape index (κ2) is 9.57. The molecule has 0 aliphatic heterocycles. The van der Waals surface area contributed by atoms with Gasteiger partial charge in [-0.25, -0.2) is 4.39 Å². The van der Waals surface area contributed by atoms with E-state index in [4.69, 9.17) is 0 Å². The van der Waals surface area contributed by atoms with Gasteiger partial charge in [0.25, 0.3) is 0 Å². The maximum Gasteiger partial charge on any atom is 0.301 e. The minimum atomic E-state index is -2.15. The highest BCUT2D eigenvalue weighted by molar-refractivity contribution is 5.37. The zero-order chi connectivity index (χ0) is 17.4. The summed E-state index contributed by atoms with van der Waals surface area (Å²) in [6, 6.07) is 8.19. The lowest BCUT2D eigenvalue weighted by Gasteiger charge is -2.27. The number of hydrogen-bond donors (Lipinski definition) is 0. The van der Waals surface area contributed by atoms with Gasteiger partial charge in [-0.3, -0.25) is 0 Å². The van der Waals surface area contributed by atoms with Crippen molar-refractivity contribution < 1.29 is 13.2 Å². The molecule has 1 aromatic carbocycles.